The molecule has 2 rings (SSSR count). The van der Waals surface area contributed by atoms with E-state index < -0.39 is 0 Å². The average Bonchev–Trinajstić information content (AvgIpc) is 2.51. The second kappa shape index (κ2) is 7.16. The summed E-state index contributed by atoms with van der Waals surface area (Å²) < 4.78 is 10.5. The zero-order valence-electron chi connectivity index (χ0n) is 14.6. The highest BCUT2D eigenvalue weighted by atomic mass is 16.5. The number of benzene rings is 2. The maximum Gasteiger partial charge on any atom is 0.126 e. The first kappa shape index (κ1) is 17.5. The van der Waals surface area contributed by atoms with Crippen LogP contribution in [0.4, 0.5) is 0 Å². The predicted molar refractivity (Wildman–Crippen MR) is 92.8 cm³/mol. The normalized spacial score (nSPS) is 11.7. The Hall–Kier alpha value is -1.84. The Bertz CT molecular complexity index is 630. The molecule has 2 aromatic carbocycles. The van der Waals surface area contributed by atoms with Gasteiger partial charge in [0.15, 0.2) is 0 Å². The molecule has 0 aromatic heterocycles. The van der Waals surface area contributed by atoms with Crippen LogP contribution in [0.2, 0.25) is 0 Å². The summed E-state index contributed by atoms with van der Waals surface area (Å²) in [5.74, 6) is 0.261. The third-order valence-electron chi connectivity index (χ3n) is 4.36. The van der Waals surface area contributed by atoms with Crippen molar-refractivity contribution in [2.24, 2.45) is 0 Å². The Balaban J connectivity index is 2.53. The molecule has 0 saturated heterocycles. The van der Waals surface area contributed by atoms with E-state index in [9.17, 15) is 5.11 Å². The van der Waals surface area contributed by atoms with Crippen molar-refractivity contribution in [3.8, 4) is 5.75 Å². The predicted octanol–water partition coefficient (Wildman–Crippen LogP) is 4.32. The third kappa shape index (κ3) is 3.74. The van der Waals surface area contributed by atoms with E-state index in [1.807, 2.05) is 12.1 Å². The average molecular weight is 314 g/mol. The first-order valence-electron chi connectivity index (χ1n) is 7.80. The highest BCUT2D eigenvalue weighted by molar-refractivity contribution is 5.48. The summed E-state index contributed by atoms with van der Waals surface area (Å²) in [5.41, 5.74) is 5.02. The van der Waals surface area contributed by atoms with Gasteiger partial charge in [-0.3, -0.25) is 0 Å². The molecule has 0 radical (unpaired) electrons. The number of phenolic OH excluding ortho intramolecular Hbond substituents is 1. The maximum absolute atomic E-state index is 10.4. The van der Waals surface area contributed by atoms with Crippen molar-refractivity contribution in [3.63, 3.8) is 0 Å². The van der Waals surface area contributed by atoms with E-state index >= 15 is 0 Å². The van der Waals surface area contributed by atoms with Gasteiger partial charge in [0.2, 0.25) is 0 Å². The monoisotopic (exact) mass is 314 g/mol. The Kier molecular flexibility index (Phi) is 5.45. The molecular formula is C20H26O3. The van der Waals surface area contributed by atoms with Gasteiger partial charge in [0.25, 0.3) is 0 Å². The smallest absolute Gasteiger partial charge is 0.126 e. The minimum Gasteiger partial charge on any atom is -0.507 e. The first-order chi connectivity index (χ1) is 10.9. The second-order valence-corrected chi connectivity index (χ2v) is 6.50. The molecule has 23 heavy (non-hydrogen) atoms. The number of hydrogen-bond acceptors (Lipinski definition) is 3. The fourth-order valence-corrected chi connectivity index (χ4v) is 2.79. The Morgan fingerprint density at radius 1 is 0.870 bits per heavy atom. The van der Waals surface area contributed by atoms with Gasteiger partial charge in [-0.25, -0.2) is 0 Å². The summed E-state index contributed by atoms with van der Waals surface area (Å²) in [6.07, 6.45) is 0. The standard InChI is InChI=1S/C20H26O3/c1-14-6-8-17(9-7-14)20(2,3)18-10-15(12-22-4)19(21)16(11-18)13-23-5/h6-11,21H,12-13H2,1-5H3. The van der Waals surface area contributed by atoms with Crippen molar-refractivity contribution in [3.05, 3.63) is 64.2 Å². The molecule has 0 amide bonds. The molecule has 3 heteroatoms. The maximum atomic E-state index is 10.4. The molecule has 0 aliphatic heterocycles. The van der Waals surface area contributed by atoms with Crippen molar-refractivity contribution in [2.75, 3.05) is 14.2 Å². The fourth-order valence-electron chi connectivity index (χ4n) is 2.79. The zero-order valence-corrected chi connectivity index (χ0v) is 14.6. The van der Waals surface area contributed by atoms with Gasteiger partial charge in [-0.05, 0) is 30.2 Å². The molecule has 0 spiro atoms. The number of aryl methyl sites for hydroxylation is 1. The second-order valence-electron chi connectivity index (χ2n) is 6.50. The molecule has 3 nitrogen and oxygen atoms in total. The topological polar surface area (TPSA) is 38.7 Å². The molecule has 0 atom stereocenters. The van der Waals surface area contributed by atoms with Gasteiger partial charge in [-0.15, -0.1) is 0 Å². The van der Waals surface area contributed by atoms with E-state index in [1.165, 1.54) is 11.1 Å². The summed E-state index contributed by atoms with van der Waals surface area (Å²) in [6.45, 7) is 7.22. The molecule has 1 N–H and O–H groups in total. The SMILES string of the molecule is COCc1cc(C(C)(C)c2ccc(C)cc2)cc(COC)c1O. The van der Waals surface area contributed by atoms with Crippen molar-refractivity contribution in [1.29, 1.82) is 0 Å². The van der Waals surface area contributed by atoms with E-state index in [4.69, 9.17) is 9.47 Å². The van der Waals surface area contributed by atoms with Crippen LogP contribution in [-0.2, 0) is 28.1 Å². The van der Waals surface area contributed by atoms with Crippen LogP contribution in [0.25, 0.3) is 0 Å². The number of ether oxygens (including phenoxy) is 2. The van der Waals surface area contributed by atoms with Gasteiger partial charge in [0.1, 0.15) is 5.75 Å². The van der Waals surface area contributed by atoms with Crippen LogP contribution in [0, 0.1) is 6.92 Å². The van der Waals surface area contributed by atoms with E-state index in [-0.39, 0.29) is 11.2 Å². The van der Waals surface area contributed by atoms with E-state index in [2.05, 4.69) is 45.0 Å². The summed E-state index contributed by atoms with van der Waals surface area (Å²) >= 11 is 0. The minimum absolute atomic E-state index is 0.174. The largest absolute Gasteiger partial charge is 0.507 e. The lowest BCUT2D eigenvalue weighted by atomic mass is 9.77. The Morgan fingerprint density at radius 2 is 1.35 bits per heavy atom. The van der Waals surface area contributed by atoms with Crippen molar-refractivity contribution in [2.45, 2.75) is 39.4 Å². The number of phenols is 1. The van der Waals surface area contributed by atoms with Crippen LogP contribution in [0.15, 0.2) is 36.4 Å². The van der Waals surface area contributed by atoms with Gasteiger partial charge >= 0.3 is 0 Å². The lowest BCUT2D eigenvalue weighted by Gasteiger charge is -2.28. The van der Waals surface area contributed by atoms with Crippen LogP contribution in [0.5, 0.6) is 5.75 Å². The molecular weight excluding hydrogens is 288 g/mol. The van der Waals surface area contributed by atoms with Gasteiger partial charge < -0.3 is 14.6 Å². The molecule has 0 saturated carbocycles. The van der Waals surface area contributed by atoms with Gasteiger partial charge in [-0.1, -0.05) is 43.7 Å². The molecule has 0 aliphatic rings. The summed E-state index contributed by atoms with van der Waals surface area (Å²) in [7, 11) is 3.26. The zero-order chi connectivity index (χ0) is 17.0. The molecule has 0 aliphatic carbocycles. The number of hydrogen-bond donors (Lipinski definition) is 1. The molecule has 0 heterocycles. The van der Waals surface area contributed by atoms with Crippen LogP contribution in [0.1, 0.15) is 41.7 Å². The van der Waals surface area contributed by atoms with Crippen LogP contribution in [0.3, 0.4) is 0 Å². The Morgan fingerprint density at radius 3 is 1.78 bits per heavy atom. The van der Waals surface area contributed by atoms with Gasteiger partial charge in [0.05, 0.1) is 13.2 Å². The van der Waals surface area contributed by atoms with E-state index in [0.717, 1.165) is 16.7 Å². The van der Waals surface area contributed by atoms with Gasteiger partial charge in [-0.2, -0.15) is 0 Å². The summed E-state index contributed by atoms with van der Waals surface area (Å²) in [6, 6.07) is 12.6. The Labute approximate surface area is 138 Å². The van der Waals surface area contributed by atoms with Crippen molar-refractivity contribution >= 4 is 0 Å². The third-order valence-corrected chi connectivity index (χ3v) is 4.36. The van der Waals surface area contributed by atoms with Crippen LogP contribution in [-0.4, -0.2) is 19.3 Å². The first-order valence-corrected chi connectivity index (χ1v) is 7.80. The van der Waals surface area contributed by atoms with Crippen molar-refractivity contribution < 1.29 is 14.6 Å². The van der Waals surface area contributed by atoms with Gasteiger partial charge in [0, 0.05) is 30.8 Å². The summed E-state index contributed by atoms with van der Waals surface area (Å²) in [5, 5.41) is 10.4. The quantitative estimate of drug-likeness (QED) is 0.863. The van der Waals surface area contributed by atoms with Crippen molar-refractivity contribution in [1.82, 2.24) is 0 Å². The van der Waals surface area contributed by atoms with E-state index in [1.54, 1.807) is 14.2 Å². The minimum atomic E-state index is -0.174. The van der Waals surface area contributed by atoms with Crippen LogP contribution < -0.4 is 0 Å². The molecule has 0 unspecified atom stereocenters. The molecule has 0 fully saturated rings. The number of rotatable bonds is 6. The molecule has 2 aromatic rings. The van der Waals surface area contributed by atoms with Crippen LogP contribution >= 0.6 is 0 Å². The molecule has 0 bridgehead atoms. The van der Waals surface area contributed by atoms with E-state index in [0.29, 0.717) is 13.2 Å². The lowest BCUT2D eigenvalue weighted by Crippen LogP contribution is -2.20. The highest BCUT2D eigenvalue weighted by Crippen LogP contribution is 2.36. The fraction of sp³-hybridized carbons (Fsp3) is 0.400. The lowest BCUT2D eigenvalue weighted by molar-refractivity contribution is 0.174. The number of methoxy groups -OCH3 is 2. The number of aromatic hydroxyl groups is 1. The molecule has 124 valence electrons. The highest BCUT2D eigenvalue weighted by Gasteiger charge is 2.25. The summed E-state index contributed by atoms with van der Waals surface area (Å²) in [4.78, 5) is 0.